The predicted octanol–water partition coefficient (Wildman–Crippen LogP) is 13.6. The van der Waals surface area contributed by atoms with E-state index in [1.807, 2.05) is 133 Å². The lowest BCUT2D eigenvalue weighted by atomic mass is 9.91. The first-order valence-corrected chi connectivity index (χ1v) is 23.7. The number of nitriles is 8. The predicted molar refractivity (Wildman–Crippen MR) is 290 cm³/mol. The van der Waals surface area contributed by atoms with Crippen LogP contribution < -0.4 is 0 Å². The second-order valence-electron chi connectivity index (χ2n) is 17.7. The van der Waals surface area contributed by atoms with E-state index in [0.29, 0.717) is 95.0 Å². The Balaban J connectivity index is 1.29. The Bertz CT molecular complexity index is 4280. The van der Waals surface area contributed by atoms with Crippen molar-refractivity contribution < 1.29 is 0 Å². The van der Waals surface area contributed by atoms with Gasteiger partial charge in [0.2, 0.25) is 0 Å². The molecule has 0 fully saturated rings. The summed E-state index contributed by atoms with van der Waals surface area (Å²) in [7, 11) is 0. The van der Waals surface area contributed by atoms with E-state index in [9.17, 15) is 42.1 Å². The monoisotopic (exact) mass is 978 g/mol. The third-order valence-electron chi connectivity index (χ3n) is 13.3. The molecule has 77 heavy (non-hydrogen) atoms. The van der Waals surface area contributed by atoms with Gasteiger partial charge in [0.15, 0.2) is 17.5 Å². The summed E-state index contributed by atoms with van der Waals surface area (Å²) in [5, 5.41) is 82.8. The van der Waals surface area contributed by atoms with E-state index in [4.69, 9.17) is 15.0 Å². The van der Waals surface area contributed by atoms with Crippen molar-refractivity contribution in [3.8, 4) is 133 Å². The van der Waals surface area contributed by atoms with Crippen LogP contribution >= 0.6 is 0 Å². The highest BCUT2D eigenvalue weighted by Crippen LogP contribution is 2.46. The Labute approximate surface area is 440 Å². The summed E-state index contributed by atoms with van der Waals surface area (Å²) < 4.78 is 2.10. The van der Waals surface area contributed by atoms with Gasteiger partial charge in [-0.1, -0.05) is 97.1 Å². The number of aromatic nitrogens is 4. The molecule has 0 unspecified atom stereocenters. The molecule has 11 aromatic rings. The van der Waals surface area contributed by atoms with E-state index in [1.54, 1.807) is 24.3 Å². The van der Waals surface area contributed by atoms with Crippen molar-refractivity contribution in [3.63, 3.8) is 0 Å². The number of hydrogen-bond donors (Lipinski definition) is 0. The number of benzene rings is 9. The number of nitrogens with zero attached hydrogens (tertiary/aromatic N) is 12. The lowest BCUT2D eigenvalue weighted by molar-refractivity contribution is 1.07. The fourth-order valence-corrected chi connectivity index (χ4v) is 9.79. The average molecular weight is 979 g/mol. The summed E-state index contributed by atoms with van der Waals surface area (Å²) in [5.41, 5.74) is 10.5. The molecule has 0 aliphatic rings. The Morgan fingerprint density at radius 2 is 0.623 bits per heavy atom. The molecule has 0 spiro atoms. The highest BCUT2D eigenvalue weighted by molar-refractivity contribution is 6.13. The zero-order chi connectivity index (χ0) is 53.2. The number of hydrogen-bond acceptors (Lipinski definition) is 11. The smallest absolute Gasteiger partial charge is 0.164 e. The van der Waals surface area contributed by atoms with E-state index >= 15 is 0 Å². The zero-order valence-corrected chi connectivity index (χ0v) is 40.2. The highest BCUT2D eigenvalue weighted by Gasteiger charge is 2.26. The van der Waals surface area contributed by atoms with E-state index in [1.165, 1.54) is 24.3 Å². The lowest BCUT2D eigenvalue weighted by Gasteiger charge is -2.21. The van der Waals surface area contributed by atoms with Crippen molar-refractivity contribution in [2.45, 2.75) is 0 Å². The molecule has 0 aliphatic heterocycles. The molecule has 0 saturated carbocycles. The maximum atomic E-state index is 10.5. The summed E-state index contributed by atoms with van der Waals surface area (Å²) in [6.07, 6.45) is 0. The number of rotatable bonds is 8. The van der Waals surface area contributed by atoms with Crippen molar-refractivity contribution in [2.75, 3.05) is 0 Å². The van der Waals surface area contributed by atoms with Crippen LogP contribution in [0.2, 0.25) is 0 Å². The normalized spacial score (nSPS) is 10.5. The van der Waals surface area contributed by atoms with Crippen LogP contribution in [0.3, 0.4) is 0 Å². The molecular weight excluding hydrogens is 949 g/mol. The van der Waals surface area contributed by atoms with Gasteiger partial charge in [-0.3, -0.25) is 0 Å². The van der Waals surface area contributed by atoms with Gasteiger partial charge >= 0.3 is 0 Å². The zero-order valence-electron chi connectivity index (χ0n) is 40.2. The Morgan fingerprint density at radius 1 is 0.286 bits per heavy atom. The number of fused-ring (bicyclic) bond motifs is 3. The fraction of sp³-hybridized carbons (Fsp3) is 0. The summed E-state index contributed by atoms with van der Waals surface area (Å²) in [5.74, 6) is 1.28. The molecule has 2 heterocycles. The van der Waals surface area contributed by atoms with Crippen molar-refractivity contribution in [3.05, 3.63) is 226 Å². The molecular formula is C65H30N12. The SMILES string of the molecule is N#Cc1ccc(-c2cc(-c3nc(-c4ccccc4)nc(-c4ccccc4)n3)cc(-c3ccc(C#N)cc3)c2-n2c3ccc(-c4c(C#N)cc(C#N)cc4C#N)cc3c3cc(-c4c(C#N)cc(C#N)cc4C#N)ccc32)cc1. The first-order chi connectivity index (χ1) is 37.8. The quantitative estimate of drug-likeness (QED) is 0.139. The minimum Gasteiger partial charge on any atom is -0.308 e. The second-order valence-corrected chi connectivity index (χ2v) is 17.7. The molecule has 0 saturated heterocycles. The Hall–Kier alpha value is -12.3. The van der Waals surface area contributed by atoms with Crippen LogP contribution in [-0.2, 0) is 0 Å². The molecule has 2 aromatic heterocycles. The van der Waals surface area contributed by atoms with Gasteiger partial charge in [0.25, 0.3) is 0 Å². The van der Waals surface area contributed by atoms with E-state index in [2.05, 4.69) is 53.1 Å². The molecule has 0 radical (unpaired) electrons. The third kappa shape index (κ3) is 8.42. The van der Waals surface area contributed by atoms with Gasteiger partial charge in [-0.15, -0.1) is 0 Å². The largest absolute Gasteiger partial charge is 0.308 e. The Morgan fingerprint density at radius 3 is 0.961 bits per heavy atom. The van der Waals surface area contributed by atoms with Crippen LogP contribution in [0, 0.1) is 90.6 Å². The van der Waals surface area contributed by atoms with Gasteiger partial charge < -0.3 is 4.57 Å². The first kappa shape index (κ1) is 47.1. The molecule has 0 N–H and O–H groups in total. The minimum atomic E-state index is 0.130. The Kier molecular flexibility index (Phi) is 12.1. The molecule has 0 atom stereocenters. The standard InChI is InChI=1S/C65H30N12/c66-31-39-11-15-43(16-12-39)54-29-49(65-75-63(45-7-3-1-4-8-45)74-64(76-65)46-9-5-2-6-10-46)30-55(44-17-13-40(32-67)14-18-44)62(54)77-58-21-19-47(60-50(35-70)23-41(33-68)24-51(60)36-71)27-56(58)57-28-48(20-22-59(57)77)61-52(37-72)25-42(34-69)26-53(61)38-73/h1-30H. The first-order valence-electron chi connectivity index (χ1n) is 23.7. The summed E-state index contributed by atoms with van der Waals surface area (Å²) in [6.45, 7) is 0. The van der Waals surface area contributed by atoms with Crippen molar-refractivity contribution >= 4 is 21.8 Å². The molecule has 12 heteroatoms. The topological polar surface area (TPSA) is 234 Å². The molecule has 0 aliphatic carbocycles. The van der Waals surface area contributed by atoms with E-state index in [-0.39, 0.29) is 33.4 Å². The van der Waals surface area contributed by atoms with Crippen LogP contribution in [0.25, 0.3) is 106 Å². The van der Waals surface area contributed by atoms with Gasteiger partial charge in [0.1, 0.15) is 0 Å². The second kappa shape index (κ2) is 19.7. The summed E-state index contributed by atoms with van der Waals surface area (Å²) >= 11 is 0. The summed E-state index contributed by atoms with van der Waals surface area (Å²) in [6, 6.07) is 72.1. The minimum absolute atomic E-state index is 0.130. The molecule has 9 aromatic carbocycles. The van der Waals surface area contributed by atoms with Crippen LogP contribution in [-0.4, -0.2) is 19.5 Å². The van der Waals surface area contributed by atoms with Crippen LogP contribution in [0.15, 0.2) is 182 Å². The molecule has 11 rings (SSSR count). The highest BCUT2D eigenvalue weighted by atomic mass is 15.0. The maximum absolute atomic E-state index is 10.5. The molecule has 350 valence electrons. The van der Waals surface area contributed by atoms with Gasteiger partial charge in [-0.05, 0) is 107 Å². The molecule has 0 amide bonds. The molecule has 0 bridgehead atoms. The summed E-state index contributed by atoms with van der Waals surface area (Å²) in [4.78, 5) is 15.2. The lowest BCUT2D eigenvalue weighted by Crippen LogP contribution is -2.04. The van der Waals surface area contributed by atoms with Crippen molar-refractivity contribution in [1.29, 1.82) is 42.1 Å². The third-order valence-corrected chi connectivity index (χ3v) is 13.3. The van der Waals surface area contributed by atoms with Crippen molar-refractivity contribution in [2.24, 2.45) is 0 Å². The van der Waals surface area contributed by atoms with Gasteiger partial charge in [0.05, 0.1) is 110 Å². The fourth-order valence-electron chi connectivity index (χ4n) is 9.79. The van der Waals surface area contributed by atoms with Crippen LogP contribution in [0.4, 0.5) is 0 Å². The van der Waals surface area contributed by atoms with Gasteiger partial charge in [-0.2, -0.15) is 42.1 Å². The molecule has 12 nitrogen and oxygen atoms in total. The maximum Gasteiger partial charge on any atom is 0.164 e. The van der Waals surface area contributed by atoms with Gasteiger partial charge in [-0.25, -0.2) is 15.0 Å². The van der Waals surface area contributed by atoms with Gasteiger partial charge in [0, 0.05) is 49.7 Å². The van der Waals surface area contributed by atoms with E-state index < -0.39 is 0 Å². The van der Waals surface area contributed by atoms with Crippen LogP contribution in [0.1, 0.15) is 44.5 Å². The van der Waals surface area contributed by atoms with Crippen molar-refractivity contribution in [1.82, 2.24) is 19.5 Å². The van der Waals surface area contributed by atoms with E-state index in [0.717, 1.165) is 22.3 Å². The van der Waals surface area contributed by atoms with Crippen LogP contribution in [0.5, 0.6) is 0 Å². The average Bonchev–Trinajstić information content (AvgIpc) is 3.84.